The van der Waals surface area contributed by atoms with E-state index in [0.717, 1.165) is 25.8 Å². The highest BCUT2D eigenvalue weighted by molar-refractivity contribution is 14.1. The van der Waals surface area contributed by atoms with Gasteiger partial charge in [0, 0.05) is 16.8 Å². The van der Waals surface area contributed by atoms with Gasteiger partial charge in [-0.15, -0.1) is 0 Å². The van der Waals surface area contributed by atoms with E-state index in [4.69, 9.17) is 30.5 Å². The highest BCUT2D eigenvalue weighted by Crippen LogP contribution is 2.38. The number of halogens is 2. The number of nitrogens with one attached hydrogen (secondary N) is 1. The van der Waals surface area contributed by atoms with E-state index in [1.54, 1.807) is 42.5 Å². The Morgan fingerprint density at radius 2 is 1.85 bits per heavy atom. The average molecular weight is 693 g/mol. The Hall–Kier alpha value is -3.42. The maximum Gasteiger partial charge on any atom is 0.294 e. The number of thioether (sulfide) groups is 1. The van der Waals surface area contributed by atoms with Gasteiger partial charge in [-0.1, -0.05) is 23.7 Å². The Kier molecular flexibility index (Phi) is 8.72. The molecular formula is C28H22ClIN2O7S. The summed E-state index contributed by atoms with van der Waals surface area (Å²) >= 11 is 8.85. The lowest BCUT2D eigenvalue weighted by Gasteiger charge is -2.19. The fourth-order valence-electron chi connectivity index (χ4n) is 3.95. The molecule has 2 heterocycles. The Balaban J connectivity index is 1.26. The van der Waals surface area contributed by atoms with E-state index in [9.17, 15) is 14.4 Å². The predicted octanol–water partition coefficient (Wildman–Crippen LogP) is 5.98. The molecule has 0 aliphatic carbocycles. The van der Waals surface area contributed by atoms with Crippen molar-refractivity contribution in [1.82, 2.24) is 4.90 Å². The van der Waals surface area contributed by atoms with Crippen molar-refractivity contribution in [3.8, 4) is 23.0 Å². The molecule has 9 nitrogen and oxygen atoms in total. The maximum absolute atomic E-state index is 13.0. The molecule has 0 aromatic heterocycles. The first-order valence-electron chi connectivity index (χ1n) is 12.0. The van der Waals surface area contributed by atoms with Gasteiger partial charge in [-0.3, -0.25) is 19.3 Å². The molecule has 0 bridgehead atoms. The van der Waals surface area contributed by atoms with Crippen molar-refractivity contribution < 1.29 is 33.3 Å². The van der Waals surface area contributed by atoms with Gasteiger partial charge in [0.25, 0.3) is 11.1 Å². The quantitative estimate of drug-likeness (QED) is 0.227. The van der Waals surface area contributed by atoms with Crippen LogP contribution in [0.15, 0.2) is 59.5 Å². The van der Waals surface area contributed by atoms with Crippen LogP contribution >= 0.6 is 46.0 Å². The smallest absolute Gasteiger partial charge is 0.294 e. The molecule has 206 valence electrons. The predicted molar refractivity (Wildman–Crippen MR) is 160 cm³/mol. The molecule has 0 saturated carbocycles. The molecular weight excluding hydrogens is 671 g/mol. The number of nitrogens with zero attached hydrogens (tertiary/aromatic N) is 1. The van der Waals surface area contributed by atoms with Crippen LogP contribution in [-0.4, -0.2) is 48.8 Å². The first-order chi connectivity index (χ1) is 19.3. The highest BCUT2D eigenvalue weighted by atomic mass is 127. The molecule has 3 aromatic carbocycles. The standard InChI is InChI=1S/C28H22ClIN2O7S/c1-36-23-11-17(10-20(30)26(23)39-15-16-2-4-18(29)5-3-16)12-24-27(34)32(28(35)40-24)14-25(33)31-19-6-7-21-22(13-19)38-9-8-37-21/h2-7,10-13H,8-9,14-15H2,1H3,(H,31,33)/b24-12+. The fraction of sp³-hybridized carbons (Fsp3) is 0.179. The minimum Gasteiger partial charge on any atom is -0.493 e. The summed E-state index contributed by atoms with van der Waals surface area (Å²) in [4.78, 5) is 39.4. The number of anilines is 1. The van der Waals surface area contributed by atoms with Gasteiger partial charge in [0.2, 0.25) is 5.91 Å². The lowest BCUT2D eigenvalue weighted by atomic mass is 10.1. The van der Waals surface area contributed by atoms with Gasteiger partial charge in [-0.25, -0.2) is 0 Å². The summed E-state index contributed by atoms with van der Waals surface area (Å²) in [6, 6.07) is 15.9. The van der Waals surface area contributed by atoms with Crippen LogP contribution in [-0.2, 0) is 16.2 Å². The molecule has 1 saturated heterocycles. The fourth-order valence-corrected chi connectivity index (χ4v) is 5.70. The Labute approximate surface area is 252 Å². The molecule has 3 aromatic rings. The number of hydrogen-bond acceptors (Lipinski definition) is 8. The van der Waals surface area contributed by atoms with Crippen molar-refractivity contribution in [2.24, 2.45) is 0 Å². The third-order valence-electron chi connectivity index (χ3n) is 5.85. The molecule has 12 heteroatoms. The summed E-state index contributed by atoms with van der Waals surface area (Å²) in [7, 11) is 1.53. The number of rotatable bonds is 8. The molecule has 3 amide bonds. The van der Waals surface area contributed by atoms with Gasteiger partial charge in [-0.2, -0.15) is 0 Å². The largest absolute Gasteiger partial charge is 0.493 e. The van der Waals surface area contributed by atoms with Crippen molar-refractivity contribution in [3.63, 3.8) is 0 Å². The van der Waals surface area contributed by atoms with Crippen molar-refractivity contribution in [2.75, 3.05) is 32.2 Å². The highest BCUT2D eigenvalue weighted by Gasteiger charge is 2.36. The number of fused-ring (bicyclic) bond motifs is 1. The summed E-state index contributed by atoms with van der Waals surface area (Å²) in [5.74, 6) is 1.07. The van der Waals surface area contributed by atoms with Gasteiger partial charge < -0.3 is 24.3 Å². The second-order valence-electron chi connectivity index (χ2n) is 8.62. The number of amides is 3. The van der Waals surface area contributed by atoms with E-state index in [1.807, 2.05) is 18.2 Å². The summed E-state index contributed by atoms with van der Waals surface area (Å²) in [6.45, 7) is 0.766. The van der Waals surface area contributed by atoms with Crippen molar-refractivity contribution in [1.29, 1.82) is 0 Å². The normalized spacial score (nSPS) is 15.4. The molecule has 40 heavy (non-hydrogen) atoms. The van der Waals surface area contributed by atoms with E-state index in [2.05, 4.69) is 27.9 Å². The van der Waals surface area contributed by atoms with E-state index in [0.29, 0.717) is 59.1 Å². The molecule has 0 spiro atoms. The second kappa shape index (κ2) is 12.4. The van der Waals surface area contributed by atoms with Crippen molar-refractivity contribution >= 4 is 74.8 Å². The lowest BCUT2D eigenvalue weighted by Crippen LogP contribution is -2.36. The number of imide groups is 1. The molecule has 0 radical (unpaired) electrons. The van der Waals surface area contributed by atoms with Crippen LogP contribution in [0.4, 0.5) is 10.5 Å². The molecule has 1 fully saturated rings. The van der Waals surface area contributed by atoms with Crippen LogP contribution in [0.3, 0.4) is 0 Å². The SMILES string of the molecule is COc1cc(/C=C2/SC(=O)N(CC(=O)Nc3ccc4c(c3)OCCO4)C2=O)cc(I)c1OCc1ccc(Cl)cc1. The first kappa shape index (κ1) is 28.1. The number of ether oxygens (including phenoxy) is 4. The van der Waals surface area contributed by atoms with Gasteiger partial charge in [0.15, 0.2) is 23.0 Å². The van der Waals surface area contributed by atoms with Gasteiger partial charge in [0.05, 0.1) is 15.6 Å². The monoisotopic (exact) mass is 692 g/mol. The molecule has 2 aliphatic rings. The molecule has 2 aliphatic heterocycles. The number of benzene rings is 3. The van der Waals surface area contributed by atoms with Crippen LogP contribution in [0.2, 0.25) is 5.02 Å². The van der Waals surface area contributed by atoms with E-state index in [-0.39, 0.29) is 4.91 Å². The minimum atomic E-state index is -0.552. The van der Waals surface area contributed by atoms with Crippen LogP contribution in [0.5, 0.6) is 23.0 Å². The van der Waals surface area contributed by atoms with E-state index >= 15 is 0 Å². The second-order valence-corrected chi connectivity index (χ2v) is 11.2. The van der Waals surface area contributed by atoms with Crippen LogP contribution in [0, 0.1) is 3.57 Å². The maximum atomic E-state index is 13.0. The first-order valence-corrected chi connectivity index (χ1v) is 14.3. The summed E-state index contributed by atoms with van der Waals surface area (Å²) in [5, 5.41) is 2.81. The van der Waals surface area contributed by atoms with Gasteiger partial charge in [0.1, 0.15) is 26.4 Å². The number of carbonyl (C=O) groups is 3. The van der Waals surface area contributed by atoms with Crippen molar-refractivity contribution in [3.05, 3.63) is 79.2 Å². The molecule has 0 atom stereocenters. The van der Waals surface area contributed by atoms with Gasteiger partial charge >= 0.3 is 0 Å². The van der Waals surface area contributed by atoms with E-state index < -0.39 is 23.6 Å². The van der Waals surface area contributed by atoms with Crippen LogP contribution < -0.4 is 24.3 Å². The number of methoxy groups -OCH3 is 1. The third kappa shape index (κ3) is 6.48. The van der Waals surface area contributed by atoms with Crippen molar-refractivity contribution in [2.45, 2.75) is 6.61 Å². The summed E-state index contributed by atoms with van der Waals surface area (Å²) in [6.07, 6.45) is 1.59. The zero-order valence-electron chi connectivity index (χ0n) is 21.1. The topological polar surface area (TPSA) is 103 Å². The van der Waals surface area contributed by atoms with Crippen LogP contribution in [0.1, 0.15) is 11.1 Å². The zero-order valence-corrected chi connectivity index (χ0v) is 24.8. The number of carbonyl (C=O) groups excluding carboxylic acids is 3. The van der Waals surface area contributed by atoms with Gasteiger partial charge in [-0.05, 0) is 88.0 Å². The lowest BCUT2D eigenvalue weighted by molar-refractivity contribution is -0.127. The third-order valence-corrected chi connectivity index (χ3v) is 7.81. The number of hydrogen-bond donors (Lipinski definition) is 1. The molecule has 1 N–H and O–H groups in total. The Bertz CT molecular complexity index is 1510. The van der Waals surface area contributed by atoms with E-state index in [1.165, 1.54) is 7.11 Å². The average Bonchev–Trinajstić information content (AvgIpc) is 3.20. The van der Waals surface area contributed by atoms with Crippen LogP contribution in [0.25, 0.3) is 6.08 Å². The molecule has 5 rings (SSSR count). The summed E-state index contributed by atoms with van der Waals surface area (Å²) < 4.78 is 23.3. The summed E-state index contributed by atoms with van der Waals surface area (Å²) in [5.41, 5.74) is 2.06. The minimum absolute atomic E-state index is 0.199. The molecule has 0 unspecified atom stereocenters. The Morgan fingerprint density at radius 1 is 1.10 bits per heavy atom. The Morgan fingerprint density at radius 3 is 2.60 bits per heavy atom. The zero-order chi connectivity index (χ0) is 28.2.